The number of ketones is 1. The molecule has 0 aromatic heterocycles. The molecule has 0 unspecified atom stereocenters. The highest BCUT2D eigenvalue weighted by molar-refractivity contribution is 5.97. The summed E-state index contributed by atoms with van der Waals surface area (Å²) in [4.78, 5) is 14.5. The Hall–Kier alpha value is -1.22. The van der Waals surface area contributed by atoms with Crippen LogP contribution < -0.4 is 0 Å². The number of carbonyl (C=O) groups excluding carboxylic acids is 1. The van der Waals surface area contributed by atoms with E-state index in [2.05, 4.69) is 32.6 Å². The van der Waals surface area contributed by atoms with Gasteiger partial charge in [-0.1, -0.05) is 39.8 Å². The molecule has 1 rings (SSSR count). The van der Waals surface area contributed by atoms with Crippen molar-refractivity contribution in [1.82, 2.24) is 4.90 Å². The quantitative estimate of drug-likeness (QED) is 0.629. The zero-order valence-corrected chi connectivity index (χ0v) is 13.7. The maximum absolute atomic E-state index is 13.2. The fraction of sp³-hybridized carbons (Fsp3) is 0.611. The molecule has 0 fully saturated rings. The molecule has 0 aliphatic carbocycles. The van der Waals surface area contributed by atoms with Crippen LogP contribution in [0.4, 0.5) is 4.39 Å². The molecule has 0 bridgehead atoms. The number of halogens is 1. The van der Waals surface area contributed by atoms with E-state index < -0.39 is 0 Å². The highest BCUT2D eigenvalue weighted by atomic mass is 19.1. The van der Waals surface area contributed by atoms with E-state index >= 15 is 0 Å². The Bertz CT molecular complexity index is 431. The van der Waals surface area contributed by atoms with E-state index in [0.29, 0.717) is 23.9 Å². The molecule has 0 aliphatic rings. The van der Waals surface area contributed by atoms with Crippen molar-refractivity contribution in [3.8, 4) is 0 Å². The first kappa shape index (κ1) is 17.8. The molecule has 1 aromatic rings. The molecule has 21 heavy (non-hydrogen) atoms. The molecule has 118 valence electrons. The summed E-state index contributed by atoms with van der Waals surface area (Å²) in [6, 6.07) is 5.97. The van der Waals surface area contributed by atoms with Crippen LogP contribution in [0.15, 0.2) is 24.3 Å². The summed E-state index contributed by atoms with van der Waals surface area (Å²) in [5, 5.41) is 0. The molecule has 0 saturated carbocycles. The molecule has 0 N–H and O–H groups in total. The Labute approximate surface area is 128 Å². The van der Waals surface area contributed by atoms with Gasteiger partial charge in [0.15, 0.2) is 5.78 Å². The lowest BCUT2D eigenvalue weighted by Gasteiger charge is -2.23. The first-order valence-electron chi connectivity index (χ1n) is 7.89. The van der Waals surface area contributed by atoms with Crippen molar-refractivity contribution >= 4 is 5.78 Å². The Balaban J connectivity index is 2.63. The summed E-state index contributed by atoms with van der Waals surface area (Å²) in [7, 11) is 0. The van der Waals surface area contributed by atoms with Crippen molar-refractivity contribution in [2.45, 2.75) is 40.5 Å². The molecule has 0 aliphatic heterocycles. The molecular weight excluding hydrogens is 265 g/mol. The minimum Gasteiger partial charge on any atom is -0.296 e. The summed E-state index contributed by atoms with van der Waals surface area (Å²) in [5.74, 6) is 0.894. The lowest BCUT2D eigenvalue weighted by Crippen LogP contribution is -2.33. The molecule has 0 amide bonds. The number of nitrogens with zero attached hydrogens (tertiary/aromatic N) is 1. The lowest BCUT2D eigenvalue weighted by atomic mass is 10.1. The fourth-order valence-electron chi connectivity index (χ4n) is 2.11. The number of carbonyl (C=O) groups is 1. The normalized spacial score (nSPS) is 11.6. The first-order chi connectivity index (χ1) is 9.88. The Kier molecular flexibility index (Phi) is 7.58. The predicted octanol–water partition coefficient (Wildman–Crippen LogP) is 4.40. The number of rotatable bonds is 9. The van der Waals surface area contributed by atoms with Crippen LogP contribution in [-0.4, -0.2) is 30.3 Å². The van der Waals surface area contributed by atoms with E-state index in [-0.39, 0.29) is 11.6 Å². The minimum absolute atomic E-state index is 0.00186. The zero-order chi connectivity index (χ0) is 15.8. The standard InChI is InChI=1S/C18H28FNO/c1-14(2)8-10-20(11-9-15(3)4)13-18(21)16-6-5-7-17(19)12-16/h5-7,12,14-15H,8-11,13H2,1-4H3. The average molecular weight is 293 g/mol. The van der Waals surface area contributed by atoms with E-state index in [4.69, 9.17) is 0 Å². The number of hydrogen-bond acceptors (Lipinski definition) is 2. The Morgan fingerprint density at radius 2 is 1.67 bits per heavy atom. The molecule has 1 aromatic carbocycles. The van der Waals surface area contributed by atoms with Gasteiger partial charge in [-0.15, -0.1) is 0 Å². The highest BCUT2D eigenvalue weighted by Gasteiger charge is 2.14. The number of hydrogen-bond donors (Lipinski definition) is 0. The van der Waals surface area contributed by atoms with E-state index in [1.165, 1.54) is 12.1 Å². The third kappa shape index (κ3) is 7.37. The van der Waals surface area contributed by atoms with Gasteiger partial charge in [0, 0.05) is 5.56 Å². The summed E-state index contributed by atoms with van der Waals surface area (Å²) in [6.45, 7) is 11.0. The van der Waals surface area contributed by atoms with Crippen molar-refractivity contribution in [3.63, 3.8) is 0 Å². The second-order valence-corrected chi connectivity index (χ2v) is 6.57. The van der Waals surface area contributed by atoms with Crippen LogP contribution in [0.2, 0.25) is 0 Å². The van der Waals surface area contributed by atoms with Gasteiger partial charge in [-0.2, -0.15) is 0 Å². The molecule has 0 spiro atoms. The van der Waals surface area contributed by atoms with Gasteiger partial charge in [-0.3, -0.25) is 9.69 Å². The monoisotopic (exact) mass is 293 g/mol. The average Bonchev–Trinajstić information content (AvgIpc) is 2.41. The number of Topliss-reactive ketones (excluding diaryl/α,β-unsaturated/α-hetero) is 1. The summed E-state index contributed by atoms with van der Waals surface area (Å²) < 4.78 is 13.2. The first-order valence-corrected chi connectivity index (χ1v) is 7.89. The van der Waals surface area contributed by atoms with Crippen molar-refractivity contribution < 1.29 is 9.18 Å². The van der Waals surface area contributed by atoms with Gasteiger partial charge in [-0.05, 0) is 49.9 Å². The van der Waals surface area contributed by atoms with Crippen LogP contribution in [-0.2, 0) is 0 Å². The van der Waals surface area contributed by atoms with Gasteiger partial charge < -0.3 is 0 Å². The van der Waals surface area contributed by atoms with Gasteiger partial charge in [0.25, 0.3) is 0 Å². The lowest BCUT2D eigenvalue weighted by molar-refractivity contribution is 0.0922. The maximum atomic E-state index is 13.2. The SMILES string of the molecule is CC(C)CCN(CCC(C)C)CC(=O)c1cccc(F)c1. The molecule has 2 nitrogen and oxygen atoms in total. The van der Waals surface area contributed by atoms with Crippen LogP contribution in [0.3, 0.4) is 0 Å². The summed E-state index contributed by atoms with van der Waals surface area (Å²) >= 11 is 0. The molecule has 0 heterocycles. The van der Waals surface area contributed by atoms with E-state index in [9.17, 15) is 9.18 Å². The van der Waals surface area contributed by atoms with E-state index in [1.54, 1.807) is 12.1 Å². The van der Waals surface area contributed by atoms with Crippen molar-refractivity contribution in [2.24, 2.45) is 11.8 Å². The van der Waals surface area contributed by atoms with Crippen molar-refractivity contribution in [3.05, 3.63) is 35.6 Å². The van der Waals surface area contributed by atoms with Crippen LogP contribution in [0.5, 0.6) is 0 Å². The zero-order valence-electron chi connectivity index (χ0n) is 13.7. The Morgan fingerprint density at radius 1 is 1.10 bits per heavy atom. The van der Waals surface area contributed by atoms with Gasteiger partial charge in [-0.25, -0.2) is 4.39 Å². The van der Waals surface area contributed by atoms with Gasteiger partial charge in [0.05, 0.1) is 6.54 Å². The van der Waals surface area contributed by atoms with Gasteiger partial charge in [0.1, 0.15) is 5.82 Å². The van der Waals surface area contributed by atoms with Crippen molar-refractivity contribution in [1.29, 1.82) is 0 Å². The minimum atomic E-state index is -0.350. The third-order valence-electron chi connectivity index (χ3n) is 3.56. The third-order valence-corrected chi connectivity index (χ3v) is 3.56. The van der Waals surface area contributed by atoms with Crippen LogP contribution in [0.1, 0.15) is 50.9 Å². The second kappa shape index (κ2) is 8.93. The van der Waals surface area contributed by atoms with Gasteiger partial charge in [0.2, 0.25) is 0 Å². The van der Waals surface area contributed by atoms with Crippen LogP contribution >= 0.6 is 0 Å². The van der Waals surface area contributed by atoms with Crippen LogP contribution in [0, 0.1) is 17.7 Å². The van der Waals surface area contributed by atoms with Crippen LogP contribution in [0.25, 0.3) is 0 Å². The van der Waals surface area contributed by atoms with E-state index in [1.807, 2.05) is 0 Å². The predicted molar refractivity (Wildman–Crippen MR) is 86.1 cm³/mol. The molecular formula is C18H28FNO. The molecule has 0 saturated heterocycles. The topological polar surface area (TPSA) is 20.3 Å². The summed E-state index contributed by atoms with van der Waals surface area (Å²) in [6.07, 6.45) is 2.16. The maximum Gasteiger partial charge on any atom is 0.176 e. The molecule has 3 heteroatoms. The molecule has 0 atom stereocenters. The smallest absolute Gasteiger partial charge is 0.176 e. The van der Waals surface area contributed by atoms with E-state index in [0.717, 1.165) is 25.9 Å². The van der Waals surface area contributed by atoms with Gasteiger partial charge >= 0.3 is 0 Å². The molecule has 0 radical (unpaired) electrons. The largest absolute Gasteiger partial charge is 0.296 e. The number of benzene rings is 1. The Morgan fingerprint density at radius 3 is 2.14 bits per heavy atom. The van der Waals surface area contributed by atoms with Crippen molar-refractivity contribution in [2.75, 3.05) is 19.6 Å². The second-order valence-electron chi connectivity index (χ2n) is 6.57. The fourth-order valence-corrected chi connectivity index (χ4v) is 2.11. The highest BCUT2D eigenvalue weighted by Crippen LogP contribution is 2.10. The summed E-state index contributed by atoms with van der Waals surface area (Å²) in [5.41, 5.74) is 0.467.